The van der Waals surface area contributed by atoms with Crippen LogP contribution in [0.4, 0.5) is 0 Å². The van der Waals surface area contributed by atoms with E-state index in [1.54, 1.807) is 6.08 Å². The Morgan fingerprint density at radius 1 is 0.517 bits per heavy atom. The van der Waals surface area contributed by atoms with Crippen molar-refractivity contribution >= 4 is 17.9 Å². The molecule has 2 atom stereocenters. The zero-order chi connectivity index (χ0) is 44.2. The van der Waals surface area contributed by atoms with Gasteiger partial charge in [0, 0.05) is 6.42 Å². The molecule has 0 heterocycles. The summed E-state index contributed by atoms with van der Waals surface area (Å²) in [4.78, 5) is 37.0. The molecule has 9 nitrogen and oxygen atoms in total. The minimum atomic E-state index is -1.64. The second-order valence-electron chi connectivity index (χ2n) is 17.0. The molecule has 0 aromatic rings. The summed E-state index contributed by atoms with van der Waals surface area (Å²) < 4.78 is 22.4. The number of carboxylic acids is 1. The fraction of sp³-hybridized carbons (Fsp3) is 0.745. The van der Waals surface area contributed by atoms with Crippen molar-refractivity contribution < 1.29 is 42.9 Å². The molecule has 0 aromatic heterocycles. The Kier molecular flexibility index (Phi) is 40.5. The van der Waals surface area contributed by atoms with Gasteiger partial charge in [-0.1, -0.05) is 197 Å². The second kappa shape index (κ2) is 42.7. The highest BCUT2D eigenvalue weighted by atomic mass is 16.7. The maximum absolute atomic E-state index is 12.7. The van der Waals surface area contributed by atoms with Crippen LogP contribution in [-0.4, -0.2) is 82.3 Å². The Morgan fingerprint density at radius 3 is 1.35 bits per heavy atom. The molecule has 0 aliphatic rings. The fourth-order valence-corrected chi connectivity index (χ4v) is 6.38. The Balaban J connectivity index is 4.45. The van der Waals surface area contributed by atoms with E-state index in [0.29, 0.717) is 17.4 Å². The summed E-state index contributed by atoms with van der Waals surface area (Å²) in [5.74, 6) is -2.45. The first kappa shape index (κ1) is 57.0. The lowest BCUT2D eigenvalue weighted by molar-refractivity contribution is -0.870. The zero-order valence-electron chi connectivity index (χ0n) is 39.1. The van der Waals surface area contributed by atoms with Gasteiger partial charge in [0.1, 0.15) is 13.2 Å². The molecule has 0 saturated heterocycles. The number of nitrogens with zero attached hydrogens (tertiary/aromatic N) is 1. The molecule has 2 unspecified atom stereocenters. The van der Waals surface area contributed by atoms with Crippen LogP contribution in [0.1, 0.15) is 187 Å². The van der Waals surface area contributed by atoms with E-state index in [9.17, 15) is 19.5 Å². The number of quaternary nitrogens is 1. The van der Waals surface area contributed by atoms with Crippen LogP contribution >= 0.6 is 0 Å². The van der Waals surface area contributed by atoms with Crippen molar-refractivity contribution in [2.24, 2.45) is 0 Å². The normalized spacial score (nSPS) is 13.4. The maximum Gasteiger partial charge on any atom is 0.310 e. The van der Waals surface area contributed by atoms with Crippen LogP contribution in [-0.2, 0) is 33.3 Å². The van der Waals surface area contributed by atoms with E-state index in [1.165, 1.54) is 109 Å². The second-order valence-corrected chi connectivity index (χ2v) is 17.0. The summed E-state index contributed by atoms with van der Waals surface area (Å²) >= 11 is 0. The number of hydrogen-bond acceptors (Lipinski definition) is 8. The molecule has 0 amide bonds. The van der Waals surface area contributed by atoms with Crippen molar-refractivity contribution in [3.63, 3.8) is 0 Å². The van der Waals surface area contributed by atoms with E-state index in [2.05, 4.69) is 56.4 Å². The van der Waals surface area contributed by atoms with Gasteiger partial charge in [-0.25, -0.2) is 0 Å². The Hall–Kier alpha value is -3.01. The minimum absolute atomic E-state index is 0.0152. The number of esters is 2. The number of unbranched alkanes of at least 4 members (excludes halogenated alkanes) is 19. The number of aliphatic carboxylic acids is 1. The molecule has 0 aromatic carbocycles. The summed E-state index contributed by atoms with van der Waals surface area (Å²) in [6.45, 7) is 4.52. The molecule has 0 N–H and O–H groups in total. The lowest BCUT2D eigenvalue weighted by atomic mass is 10.0. The predicted octanol–water partition coefficient (Wildman–Crippen LogP) is 11.6. The molecule has 0 radical (unpaired) electrons. The van der Waals surface area contributed by atoms with Crippen LogP contribution < -0.4 is 5.11 Å². The molecule has 60 heavy (non-hydrogen) atoms. The molecule has 9 heteroatoms. The number of hydrogen-bond donors (Lipinski definition) is 0. The molecular formula is C51H89NO8. The van der Waals surface area contributed by atoms with Crippen molar-refractivity contribution in [2.45, 2.75) is 200 Å². The fourth-order valence-electron chi connectivity index (χ4n) is 6.38. The van der Waals surface area contributed by atoms with Crippen LogP contribution in [0.15, 0.2) is 60.8 Å². The minimum Gasteiger partial charge on any atom is -0.545 e. The average Bonchev–Trinajstić information content (AvgIpc) is 3.21. The Bertz CT molecular complexity index is 1170. The summed E-state index contributed by atoms with van der Waals surface area (Å²) in [7, 11) is 5.88. The van der Waals surface area contributed by atoms with Gasteiger partial charge >= 0.3 is 11.9 Å². The number of ether oxygens (including phenoxy) is 4. The Labute approximate surface area is 367 Å². The van der Waals surface area contributed by atoms with Crippen LogP contribution in [0.3, 0.4) is 0 Å². The van der Waals surface area contributed by atoms with Crippen molar-refractivity contribution in [1.82, 2.24) is 0 Å². The number of rotatable bonds is 43. The predicted molar refractivity (Wildman–Crippen MR) is 246 cm³/mol. The summed E-state index contributed by atoms with van der Waals surface area (Å²) in [5, 5.41) is 11.7. The number of likely N-dealkylation sites (N-methyl/N-ethyl adjacent to an activating group) is 1. The summed E-state index contributed by atoms with van der Waals surface area (Å²) in [6, 6.07) is 0. The molecular weight excluding hydrogens is 755 g/mol. The SMILES string of the molecule is CC/C=C\C/C=C\C/C=C\C/C=C\C/C=C\CC(=O)OC(COC(=O)CCCCCCCCCCCCCCCCCCCCCC)COC(OCC[N+](C)(C)C)C(=O)[O-]. The van der Waals surface area contributed by atoms with Gasteiger partial charge in [-0.05, 0) is 38.5 Å². The van der Waals surface area contributed by atoms with Gasteiger partial charge < -0.3 is 33.3 Å². The molecule has 0 bridgehead atoms. The van der Waals surface area contributed by atoms with Gasteiger partial charge in [0.05, 0.1) is 46.7 Å². The molecule has 0 aliphatic carbocycles. The molecule has 0 saturated carbocycles. The molecule has 0 fully saturated rings. The van der Waals surface area contributed by atoms with Gasteiger partial charge in [-0.2, -0.15) is 0 Å². The van der Waals surface area contributed by atoms with E-state index in [0.717, 1.165) is 44.9 Å². The van der Waals surface area contributed by atoms with Gasteiger partial charge in [-0.15, -0.1) is 0 Å². The lowest BCUT2D eigenvalue weighted by Gasteiger charge is -2.26. The highest BCUT2D eigenvalue weighted by Gasteiger charge is 2.21. The smallest absolute Gasteiger partial charge is 0.310 e. The highest BCUT2D eigenvalue weighted by molar-refractivity contribution is 5.71. The largest absolute Gasteiger partial charge is 0.545 e. The number of allylic oxidation sites excluding steroid dienone is 9. The van der Waals surface area contributed by atoms with Crippen molar-refractivity contribution in [3.05, 3.63) is 60.8 Å². The van der Waals surface area contributed by atoms with Crippen LogP contribution in [0.2, 0.25) is 0 Å². The van der Waals surface area contributed by atoms with Crippen LogP contribution in [0.5, 0.6) is 0 Å². The van der Waals surface area contributed by atoms with E-state index < -0.39 is 24.3 Å². The van der Waals surface area contributed by atoms with Crippen molar-refractivity contribution in [2.75, 3.05) is 47.5 Å². The quantitative estimate of drug-likeness (QED) is 0.0196. The van der Waals surface area contributed by atoms with E-state index >= 15 is 0 Å². The topological polar surface area (TPSA) is 111 Å². The Morgan fingerprint density at radius 2 is 0.933 bits per heavy atom. The summed E-state index contributed by atoms with van der Waals surface area (Å²) in [6.07, 6.45) is 48.6. The summed E-state index contributed by atoms with van der Waals surface area (Å²) in [5.41, 5.74) is 0. The number of carboxylic acid groups (broad SMARTS) is 1. The first-order chi connectivity index (χ1) is 29.1. The van der Waals surface area contributed by atoms with E-state index in [1.807, 2.05) is 33.3 Å². The average molecular weight is 844 g/mol. The standard InChI is InChI=1S/C51H89NO8/c1-6-8-10-12-14-16-18-20-22-23-24-25-26-28-29-31-33-35-37-39-41-48(53)58-45-47(46-59-51(50(55)56)57-44-43-52(3,4)5)60-49(54)42-40-38-36-34-32-30-27-21-19-17-15-13-11-9-7-2/h9,11,15,17,21,27,32,34,38,40,47,51H,6-8,10,12-14,16,18-20,22-26,28-31,33,35-37,39,41-46H2,1-5H3/b11-9-,17-15-,27-21-,34-32-,40-38-. The van der Waals surface area contributed by atoms with Gasteiger partial charge in [0.15, 0.2) is 12.4 Å². The van der Waals surface area contributed by atoms with E-state index in [-0.39, 0.29) is 38.6 Å². The first-order valence-electron chi connectivity index (χ1n) is 23.9. The third-order valence-corrected chi connectivity index (χ3v) is 10.1. The third-order valence-electron chi connectivity index (χ3n) is 10.1. The van der Waals surface area contributed by atoms with Gasteiger partial charge in [0.25, 0.3) is 0 Å². The monoisotopic (exact) mass is 844 g/mol. The van der Waals surface area contributed by atoms with Crippen molar-refractivity contribution in [1.29, 1.82) is 0 Å². The highest BCUT2D eigenvalue weighted by Crippen LogP contribution is 2.15. The molecule has 0 rings (SSSR count). The molecule has 0 spiro atoms. The maximum atomic E-state index is 12.7. The van der Waals surface area contributed by atoms with Crippen LogP contribution in [0.25, 0.3) is 0 Å². The lowest BCUT2D eigenvalue weighted by Crippen LogP contribution is -2.44. The zero-order valence-corrected chi connectivity index (χ0v) is 39.1. The van der Waals surface area contributed by atoms with Gasteiger partial charge in [0.2, 0.25) is 0 Å². The number of carbonyl (C=O) groups excluding carboxylic acids is 3. The third kappa shape index (κ3) is 43.1. The molecule has 346 valence electrons. The van der Waals surface area contributed by atoms with Crippen LogP contribution in [0, 0.1) is 0 Å². The molecule has 0 aliphatic heterocycles. The first-order valence-corrected chi connectivity index (χ1v) is 23.9. The van der Waals surface area contributed by atoms with E-state index in [4.69, 9.17) is 18.9 Å². The number of carbonyl (C=O) groups is 3. The van der Waals surface area contributed by atoms with Gasteiger partial charge in [-0.3, -0.25) is 9.59 Å². The van der Waals surface area contributed by atoms with Crippen molar-refractivity contribution in [3.8, 4) is 0 Å².